The molecule has 21 heavy (non-hydrogen) atoms. The molecule has 0 atom stereocenters. The van der Waals surface area contributed by atoms with Crippen molar-refractivity contribution in [2.24, 2.45) is 0 Å². The van der Waals surface area contributed by atoms with Gasteiger partial charge in [0.1, 0.15) is 0 Å². The van der Waals surface area contributed by atoms with Crippen LogP contribution < -0.4 is 10.6 Å². The number of piperidine rings is 1. The number of halogens is 1. The molecule has 7 nitrogen and oxygen atoms in total. The Morgan fingerprint density at radius 3 is 3.00 bits per heavy atom. The number of rotatable bonds is 7. The Morgan fingerprint density at radius 1 is 1.52 bits per heavy atom. The van der Waals surface area contributed by atoms with Crippen molar-refractivity contribution in [2.45, 2.75) is 25.4 Å². The third kappa shape index (κ3) is 5.11. The number of nitro groups is 1. The lowest BCUT2D eigenvalue weighted by Crippen LogP contribution is -2.32. The number of hydrogen-bond acceptors (Lipinski definition) is 6. The van der Waals surface area contributed by atoms with E-state index in [1.807, 2.05) is 0 Å². The average Bonchev–Trinajstić information content (AvgIpc) is 2.49. The Balaban J connectivity index is 1.72. The van der Waals surface area contributed by atoms with Crippen LogP contribution in [0.4, 0.5) is 11.5 Å². The molecule has 2 N–H and O–H groups in total. The first kappa shape index (κ1) is 15.9. The van der Waals surface area contributed by atoms with Crippen molar-refractivity contribution in [1.29, 1.82) is 0 Å². The lowest BCUT2D eigenvalue weighted by atomic mass is 10.1. The van der Waals surface area contributed by atoms with Crippen molar-refractivity contribution >= 4 is 23.1 Å². The lowest BCUT2D eigenvalue weighted by molar-refractivity contribution is -0.384. The molecule has 1 aromatic rings. The van der Waals surface area contributed by atoms with Gasteiger partial charge < -0.3 is 15.4 Å². The summed E-state index contributed by atoms with van der Waals surface area (Å²) in [5.74, 6) is 0.242. The Hall–Kier alpha value is -1.44. The molecule has 1 aliphatic heterocycles. The van der Waals surface area contributed by atoms with E-state index in [1.165, 1.54) is 12.3 Å². The number of nitrogens with zero attached hydrogens (tertiary/aromatic N) is 2. The van der Waals surface area contributed by atoms with Crippen LogP contribution in [0.25, 0.3) is 0 Å². The molecule has 2 heterocycles. The molecule has 0 aromatic carbocycles. The maximum atomic E-state index is 10.9. The van der Waals surface area contributed by atoms with Crippen molar-refractivity contribution in [3.63, 3.8) is 0 Å². The minimum Gasteiger partial charge on any atom is -0.378 e. The normalized spacial score (nSPS) is 15.9. The van der Waals surface area contributed by atoms with Crippen molar-refractivity contribution < 1.29 is 9.66 Å². The van der Waals surface area contributed by atoms with Gasteiger partial charge in [-0.05, 0) is 32.4 Å². The number of hydrogen-bond donors (Lipinski definition) is 2. The molecule has 8 heteroatoms. The maximum absolute atomic E-state index is 10.9. The van der Waals surface area contributed by atoms with Crippen LogP contribution in [0.15, 0.2) is 12.3 Å². The highest BCUT2D eigenvalue weighted by Crippen LogP contribution is 2.24. The molecule has 1 aliphatic rings. The Kier molecular flexibility index (Phi) is 6.16. The van der Waals surface area contributed by atoms with E-state index >= 15 is 0 Å². The van der Waals surface area contributed by atoms with Gasteiger partial charge >= 0.3 is 5.69 Å². The maximum Gasteiger partial charge on any atom is 0.312 e. The molecule has 0 aliphatic carbocycles. The van der Waals surface area contributed by atoms with Gasteiger partial charge in [-0.2, -0.15) is 0 Å². The molecule has 0 spiro atoms. The summed E-state index contributed by atoms with van der Waals surface area (Å²) in [6.07, 6.45) is 4.57. The van der Waals surface area contributed by atoms with E-state index in [2.05, 4.69) is 15.6 Å². The standard InChI is InChI=1S/C13H19ClN4O3/c14-10-8-12(18(19)20)13(17-9-10)16-4-1-7-21-11-2-5-15-6-3-11/h8-9,11,15H,1-7H2,(H,16,17). The first-order valence-electron chi connectivity index (χ1n) is 7.03. The topological polar surface area (TPSA) is 89.3 Å². The first-order chi connectivity index (χ1) is 10.2. The summed E-state index contributed by atoms with van der Waals surface area (Å²) >= 11 is 5.71. The lowest BCUT2D eigenvalue weighted by Gasteiger charge is -2.22. The third-order valence-electron chi connectivity index (χ3n) is 3.28. The summed E-state index contributed by atoms with van der Waals surface area (Å²) in [7, 11) is 0. The highest BCUT2D eigenvalue weighted by Gasteiger charge is 2.16. The van der Waals surface area contributed by atoms with E-state index in [9.17, 15) is 10.1 Å². The molecule has 1 aromatic heterocycles. The molecule has 2 rings (SSSR count). The number of aromatic nitrogens is 1. The molecule has 0 saturated carbocycles. The van der Waals surface area contributed by atoms with E-state index < -0.39 is 4.92 Å². The summed E-state index contributed by atoms with van der Waals surface area (Å²) in [4.78, 5) is 14.4. The number of ether oxygens (including phenoxy) is 1. The second-order valence-corrected chi connectivity index (χ2v) is 5.32. The minimum absolute atomic E-state index is 0.109. The molecule has 116 valence electrons. The molecule has 0 unspecified atom stereocenters. The molecule has 0 radical (unpaired) electrons. The predicted molar refractivity (Wildman–Crippen MR) is 80.9 cm³/mol. The summed E-state index contributed by atoms with van der Waals surface area (Å²) < 4.78 is 5.76. The van der Waals surface area contributed by atoms with Crippen molar-refractivity contribution in [1.82, 2.24) is 10.3 Å². The molecular formula is C13H19ClN4O3. The second-order valence-electron chi connectivity index (χ2n) is 4.88. The number of anilines is 1. The van der Waals surface area contributed by atoms with Gasteiger partial charge in [0.05, 0.1) is 16.0 Å². The summed E-state index contributed by atoms with van der Waals surface area (Å²) in [6, 6.07) is 1.29. The first-order valence-corrected chi connectivity index (χ1v) is 7.41. The molecular weight excluding hydrogens is 296 g/mol. The third-order valence-corrected chi connectivity index (χ3v) is 3.49. The van der Waals surface area contributed by atoms with Crippen molar-refractivity contribution in [2.75, 3.05) is 31.6 Å². The van der Waals surface area contributed by atoms with Gasteiger partial charge in [0, 0.05) is 25.4 Å². The number of nitrogens with one attached hydrogen (secondary N) is 2. The van der Waals surface area contributed by atoms with Gasteiger partial charge in [-0.25, -0.2) is 4.98 Å². The van der Waals surface area contributed by atoms with Crippen LogP contribution in [0, 0.1) is 10.1 Å². The van der Waals surface area contributed by atoms with Gasteiger partial charge in [-0.15, -0.1) is 0 Å². The van der Waals surface area contributed by atoms with E-state index in [-0.39, 0.29) is 16.5 Å². The van der Waals surface area contributed by atoms with Crippen molar-refractivity contribution in [3.8, 4) is 0 Å². The van der Waals surface area contributed by atoms with Crippen LogP contribution in [-0.4, -0.2) is 42.3 Å². The fraction of sp³-hybridized carbons (Fsp3) is 0.615. The average molecular weight is 315 g/mol. The zero-order valence-electron chi connectivity index (χ0n) is 11.7. The van der Waals surface area contributed by atoms with Crippen LogP contribution >= 0.6 is 11.6 Å². The Labute approximate surface area is 128 Å². The van der Waals surface area contributed by atoms with E-state index in [1.54, 1.807) is 0 Å². The van der Waals surface area contributed by atoms with Gasteiger partial charge in [0.25, 0.3) is 0 Å². The SMILES string of the molecule is O=[N+]([O-])c1cc(Cl)cnc1NCCCOC1CCNCC1. The summed E-state index contributed by atoms with van der Waals surface area (Å²) in [5, 5.41) is 17.4. The second kappa shape index (κ2) is 8.11. The van der Waals surface area contributed by atoms with Gasteiger partial charge in [-0.3, -0.25) is 10.1 Å². The monoisotopic (exact) mass is 314 g/mol. The van der Waals surface area contributed by atoms with Crippen LogP contribution in [-0.2, 0) is 4.74 Å². The van der Waals surface area contributed by atoms with Crippen molar-refractivity contribution in [3.05, 3.63) is 27.4 Å². The Bertz CT molecular complexity index is 480. The summed E-state index contributed by atoms with van der Waals surface area (Å²) in [5.41, 5.74) is -0.109. The number of pyridine rings is 1. The van der Waals surface area contributed by atoms with E-state index in [0.29, 0.717) is 19.3 Å². The summed E-state index contributed by atoms with van der Waals surface area (Å²) in [6.45, 7) is 3.22. The van der Waals surface area contributed by atoms with E-state index in [0.717, 1.165) is 32.4 Å². The quantitative estimate of drug-likeness (QED) is 0.455. The Morgan fingerprint density at radius 2 is 2.29 bits per heavy atom. The highest BCUT2D eigenvalue weighted by molar-refractivity contribution is 6.30. The van der Waals surface area contributed by atoms with Crippen LogP contribution in [0.5, 0.6) is 0 Å². The van der Waals surface area contributed by atoms with E-state index in [4.69, 9.17) is 16.3 Å². The van der Waals surface area contributed by atoms with Crippen LogP contribution in [0.3, 0.4) is 0 Å². The minimum atomic E-state index is -0.493. The fourth-order valence-corrected chi connectivity index (χ4v) is 2.35. The van der Waals surface area contributed by atoms with Crippen LogP contribution in [0.2, 0.25) is 5.02 Å². The zero-order chi connectivity index (χ0) is 15.1. The van der Waals surface area contributed by atoms with Gasteiger partial charge in [0.15, 0.2) is 0 Å². The van der Waals surface area contributed by atoms with Crippen LogP contribution in [0.1, 0.15) is 19.3 Å². The fourth-order valence-electron chi connectivity index (χ4n) is 2.20. The smallest absolute Gasteiger partial charge is 0.312 e. The molecule has 1 fully saturated rings. The highest BCUT2D eigenvalue weighted by atomic mass is 35.5. The predicted octanol–water partition coefficient (Wildman–Crippen LogP) is 2.21. The molecule has 1 saturated heterocycles. The van der Waals surface area contributed by atoms with Gasteiger partial charge in [0.2, 0.25) is 5.82 Å². The molecule has 0 bridgehead atoms. The zero-order valence-corrected chi connectivity index (χ0v) is 12.4. The van der Waals surface area contributed by atoms with Gasteiger partial charge in [-0.1, -0.05) is 11.6 Å². The molecule has 0 amide bonds. The largest absolute Gasteiger partial charge is 0.378 e.